The lowest BCUT2D eigenvalue weighted by Crippen LogP contribution is -2.10. The maximum absolute atomic E-state index is 3.60. The predicted molar refractivity (Wildman–Crippen MR) is 212 cm³/mol. The van der Waals surface area contributed by atoms with Crippen molar-refractivity contribution in [3.05, 3.63) is 199 Å². The van der Waals surface area contributed by atoms with Gasteiger partial charge in [-0.1, -0.05) is 150 Å². The fourth-order valence-corrected chi connectivity index (χ4v) is 6.20. The molecule has 0 bridgehead atoms. The van der Waals surface area contributed by atoms with Gasteiger partial charge in [-0.2, -0.15) is 0 Å². The molecule has 0 unspecified atom stereocenters. The number of hydrogen-bond acceptors (Lipinski definition) is 2. The summed E-state index contributed by atoms with van der Waals surface area (Å²) in [6.07, 6.45) is 0. The average molecular weight is 633 g/mol. The smallest absolute Gasteiger partial charge is 0.0540 e. The first-order chi connectivity index (χ1) is 24.0. The van der Waals surface area contributed by atoms with Crippen LogP contribution in [0.5, 0.6) is 0 Å². The molecule has 0 aromatic heterocycles. The van der Waals surface area contributed by atoms with E-state index in [1.807, 2.05) is 0 Å². The number of aryl methyl sites for hydroxylation is 3. The number of nitrogens with one attached hydrogen (secondary N) is 1. The Morgan fingerprint density at radius 3 is 1.39 bits per heavy atom. The number of nitrogens with zero attached hydrogens (tertiary/aromatic N) is 1. The molecular formula is C47H40N2. The third-order valence-corrected chi connectivity index (χ3v) is 8.93. The largest absolute Gasteiger partial charge is 0.355 e. The molecule has 0 aliphatic heterocycles. The highest BCUT2D eigenvalue weighted by Gasteiger charge is 2.15. The second-order valence-electron chi connectivity index (χ2n) is 12.6. The highest BCUT2D eigenvalue weighted by atomic mass is 15.1. The Kier molecular flexibility index (Phi) is 9.21. The normalized spacial score (nSPS) is 10.8. The number of anilines is 5. The van der Waals surface area contributed by atoms with E-state index in [1.165, 1.54) is 55.0 Å². The van der Waals surface area contributed by atoms with Gasteiger partial charge in [0.05, 0.1) is 5.69 Å². The fourth-order valence-electron chi connectivity index (χ4n) is 6.20. The van der Waals surface area contributed by atoms with Gasteiger partial charge < -0.3 is 10.2 Å². The van der Waals surface area contributed by atoms with Gasteiger partial charge >= 0.3 is 0 Å². The Bertz CT molecular complexity index is 2270. The zero-order valence-corrected chi connectivity index (χ0v) is 28.3. The summed E-state index contributed by atoms with van der Waals surface area (Å²) in [4.78, 5) is 2.35. The first kappa shape index (κ1) is 31.5. The van der Waals surface area contributed by atoms with Gasteiger partial charge in [-0.05, 0) is 91.2 Å². The second kappa shape index (κ2) is 14.3. The van der Waals surface area contributed by atoms with Gasteiger partial charge in [0.2, 0.25) is 0 Å². The Balaban J connectivity index is 0.000000417. The van der Waals surface area contributed by atoms with E-state index >= 15 is 0 Å². The lowest BCUT2D eigenvalue weighted by Gasteiger charge is -2.27. The van der Waals surface area contributed by atoms with E-state index in [-0.39, 0.29) is 0 Å². The summed E-state index contributed by atoms with van der Waals surface area (Å²) in [5, 5.41) is 8.52. The Morgan fingerprint density at radius 2 is 0.796 bits per heavy atom. The van der Waals surface area contributed by atoms with Gasteiger partial charge in [-0.15, -0.1) is 0 Å². The predicted octanol–water partition coefficient (Wildman–Crippen LogP) is 13.5. The van der Waals surface area contributed by atoms with E-state index in [0.29, 0.717) is 0 Å². The van der Waals surface area contributed by atoms with Crippen molar-refractivity contribution in [3.8, 4) is 11.1 Å². The Hall–Kier alpha value is -6.12. The molecule has 8 rings (SSSR count). The van der Waals surface area contributed by atoms with Gasteiger partial charge in [0.15, 0.2) is 0 Å². The van der Waals surface area contributed by atoms with E-state index in [9.17, 15) is 0 Å². The Labute approximate surface area is 289 Å². The third-order valence-electron chi connectivity index (χ3n) is 8.93. The Morgan fingerprint density at radius 1 is 0.367 bits per heavy atom. The van der Waals surface area contributed by atoms with Gasteiger partial charge in [-0.3, -0.25) is 0 Å². The topological polar surface area (TPSA) is 15.3 Å². The number of benzene rings is 8. The molecule has 0 saturated heterocycles. The lowest BCUT2D eigenvalue weighted by atomic mass is 10.0. The third kappa shape index (κ3) is 7.25. The number of rotatable bonds is 6. The molecule has 0 spiro atoms. The van der Waals surface area contributed by atoms with Crippen LogP contribution in [0.15, 0.2) is 182 Å². The van der Waals surface area contributed by atoms with E-state index in [0.717, 1.165) is 22.7 Å². The van der Waals surface area contributed by atoms with Crippen molar-refractivity contribution in [2.75, 3.05) is 10.2 Å². The molecule has 0 aliphatic rings. The number of fused-ring (bicyclic) bond motifs is 2. The second-order valence-corrected chi connectivity index (χ2v) is 12.6. The highest BCUT2D eigenvalue weighted by molar-refractivity contribution is 5.99. The zero-order valence-electron chi connectivity index (χ0n) is 28.3. The molecular weight excluding hydrogens is 593 g/mol. The fraction of sp³-hybridized carbons (Fsp3) is 0.0638. The molecule has 0 atom stereocenters. The zero-order chi connectivity index (χ0) is 33.6. The van der Waals surface area contributed by atoms with Crippen LogP contribution in [0, 0.1) is 20.8 Å². The van der Waals surface area contributed by atoms with E-state index in [2.05, 4.69) is 213 Å². The lowest BCUT2D eigenvalue weighted by molar-refractivity contribution is 1.29. The molecule has 0 amide bonds. The summed E-state index contributed by atoms with van der Waals surface area (Å²) >= 11 is 0. The van der Waals surface area contributed by atoms with Crippen LogP contribution < -0.4 is 10.2 Å². The molecule has 0 heterocycles. The number of hydrogen-bond donors (Lipinski definition) is 1. The van der Waals surface area contributed by atoms with Crippen molar-refractivity contribution in [1.29, 1.82) is 0 Å². The average Bonchev–Trinajstić information content (AvgIpc) is 3.15. The first-order valence-electron chi connectivity index (χ1n) is 16.8. The summed E-state index contributed by atoms with van der Waals surface area (Å²) in [5.41, 5.74) is 11.9. The molecule has 0 radical (unpaired) electrons. The molecule has 238 valence electrons. The van der Waals surface area contributed by atoms with Crippen LogP contribution in [0.25, 0.3) is 32.7 Å². The van der Waals surface area contributed by atoms with Gasteiger partial charge in [-0.25, -0.2) is 0 Å². The first-order valence-corrected chi connectivity index (χ1v) is 16.8. The molecule has 0 fully saturated rings. The molecule has 1 N–H and O–H groups in total. The minimum atomic E-state index is 1.07. The van der Waals surface area contributed by atoms with Crippen LogP contribution in [-0.4, -0.2) is 0 Å². The maximum Gasteiger partial charge on any atom is 0.0540 e. The van der Waals surface area contributed by atoms with Crippen LogP contribution in [0.4, 0.5) is 28.4 Å². The van der Waals surface area contributed by atoms with Crippen LogP contribution in [0.2, 0.25) is 0 Å². The molecule has 8 aromatic carbocycles. The van der Waals surface area contributed by atoms with E-state index in [1.54, 1.807) is 0 Å². The molecule has 0 saturated carbocycles. The minimum Gasteiger partial charge on any atom is -0.355 e. The van der Waals surface area contributed by atoms with Gasteiger partial charge in [0.1, 0.15) is 0 Å². The van der Waals surface area contributed by atoms with Gasteiger partial charge in [0.25, 0.3) is 0 Å². The van der Waals surface area contributed by atoms with Crippen LogP contribution in [-0.2, 0) is 0 Å². The van der Waals surface area contributed by atoms with E-state index < -0.39 is 0 Å². The summed E-state index contributed by atoms with van der Waals surface area (Å²) in [6, 6.07) is 64.7. The van der Waals surface area contributed by atoms with E-state index in [4.69, 9.17) is 0 Å². The molecule has 2 heteroatoms. The molecule has 0 aliphatic carbocycles. The molecule has 49 heavy (non-hydrogen) atoms. The molecule has 2 nitrogen and oxygen atoms in total. The summed E-state index contributed by atoms with van der Waals surface area (Å²) < 4.78 is 0. The van der Waals surface area contributed by atoms with Gasteiger partial charge in [0, 0.05) is 33.5 Å². The summed E-state index contributed by atoms with van der Waals surface area (Å²) in [6.45, 7) is 6.32. The van der Waals surface area contributed by atoms with Crippen molar-refractivity contribution in [2.24, 2.45) is 0 Å². The van der Waals surface area contributed by atoms with Crippen molar-refractivity contribution < 1.29 is 0 Å². The van der Waals surface area contributed by atoms with Crippen molar-refractivity contribution in [3.63, 3.8) is 0 Å². The van der Waals surface area contributed by atoms with Crippen molar-refractivity contribution in [1.82, 2.24) is 0 Å². The summed E-state index contributed by atoms with van der Waals surface area (Å²) in [7, 11) is 0. The van der Waals surface area contributed by atoms with Crippen LogP contribution in [0.3, 0.4) is 0 Å². The summed E-state index contributed by atoms with van der Waals surface area (Å²) in [5.74, 6) is 0. The standard InChI is InChI=1S/C39H30N2.C8H10/c1-28-16-24-34(25-17-28)41(39-15-7-11-32-9-3-5-13-37(32)39)35-26-20-30(21-27-35)29-18-22-33(23-19-29)40-38-14-6-10-31-8-2-4-12-36(31)38;1-7-3-5-8(2)6-4-7/h2-27,40H,1H3;3-6H,1-2H3. The van der Waals surface area contributed by atoms with Crippen LogP contribution >= 0.6 is 0 Å². The minimum absolute atomic E-state index is 1.07. The molecule has 8 aromatic rings. The SMILES string of the molecule is Cc1ccc(C)cc1.Cc1ccc(N(c2ccc(-c3ccc(Nc4cccc5ccccc45)cc3)cc2)c2cccc3ccccc23)cc1. The highest BCUT2D eigenvalue weighted by Crippen LogP contribution is 2.39. The quantitative estimate of drug-likeness (QED) is 0.196. The maximum atomic E-state index is 3.60. The monoisotopic (exact) mass is 632 g/mol. The van der Waals surface area contributed by atoms with Crippen LogP contribution in [0.1, 0.15) is 16.7 Å². The van der Waals surface area contributed by atoms with Crippen molar-refractivity contribution >= 4 is 50.0 Å². The van der Waals surface area contributed by atoms with Crippen molar-refractivity contribution in [2.45, 2.75) is 20.8 Å².